The lowest BCUT2D eigenvalue weighted by molar-refractivity contribution is 0.414. The normalized spacial score (nSPS) is 12.5. The fourth-order valence-electron chi connectivity index (χ4n) is 1.53. The molecule has 0 bridgehead atoms. The Hall–Kier alpha value is -0.980. The van der Waals surface area contributed by atoms with Crippen LogP contribution in [-0.4, -0.2) is 7.11 Å². The molecule has 0 N–H and O–H groups in total. The van der Waals surface area contributed by atoms with Gasteiger partial charge in [0, 0.05) is 0 Å². The predicted molar refractivity (Wildman–Crippen MR) is 56.3 cm³/mol. The summed E-state index contributed by atoms with van der Waals surface area (Å²) in [6.07, 6.45) is 2.50. The van der Waals surface area contributed by atoms with Gasteiger partial charge in [-0.05, 0) is 30.0 Å². The molecule has 0 saturated carbocycles. The summed E-state index contributed by atoms with van der Waals surface area (Å²) in [6.45, 7) is 4.49. The molecule has 1 atom stereocenters. The highest BCUT2D eigenvalue weighted by Gasteiger charge is 2.03. The van der Waals surface area contributed by atoms with Gasteiger partial charge in [-0.15, -0.1) is 0 Å². The molecular formula is C12H18O. The van der Waals surface area contributed by atoms with Crippen LogP contribution in [0, 0.1) is 0 Å². The van der Waals surface area contributed by atoms with E-state index in [0.29, 0.717) is 5.92 Å². The third-order valence-corrected chi connectivity index (χ3v) is 2.41. The summed E-state index contributed by atoms with van der Waals surface area (Å²) in [4.78, 5) is 0. The van der Waals surface area contributed by atoms with Gasteiger partial charge in [0.05, 0.1) is 7.11 Å². The number of rotatable bonds is 4. The summed E-state index contributed by atoms with van der Waals surface area (Å²) in [5.41, 5.74) is 1.41. The van der Waals surface area contributed by atoms with Crippen LogP contribution >= 0.6 is 0 Å². The molecule has 13 heavy (non-hydrogen) atoms. The monoisotopic (exact) mass is 178 g/mol. The molecule has 0 aliphatic carbocycles. The molecule has 1 rings (SSSR count). The summed E-state index contributed by atoms with van der Waals surface area (Å²) in [5, 5.41) is 0. The van der Waals surface area contributed by atoms with Crippen molar-refractivity contribution in [3.8, 4) is 5.75 Å². The molecule has 0 saturated heterocycles. The van der Waals surface area contributed by atoms with Crippen LogP contribution in [-0.2, 0) is 0 Å². The molecule has 0 amide bonds. The molecule has 0 radical (unpaired) electrons. The van der Waals surface area contributed by atoms with E-state index in [-0.39, 0.29) is 0 Å². The predicted octanol–water partition coefficient (Wildman–Crippen LogP) is 3.60. The first kappa shape index (κ1) is 10.1. The van der Waals surface area contributed by atoms with Crippen LogP contribution in [0.3, 0.4) is 0 Å². The van der Waals surface area contributed by atoms with E-state index in [0.717, 1.165) is 5.75 Å². The molecule has 1 unspecified atom stereocenters. The second-order valence-electron chi connectivity index (χ2n) is 3.46. The molecule has 0 fully saturated rings. The quantitative estimate of drug-likeness (QED) is 0.684. The number of hydrogen-bond donors (Lipinski definition) is 0. The minimum atomic E-state index is 0.663. The van der Waals surface area contributed by atoms with Crippen molar-refractivity contribution >= 4 is 0 Å². The zero-order valence-corrected chi connectivity index (χ0v) is 8.71. The second kappa shape index (κ2) is 4.90. The average Bonchev–Trinajstić information content (AvgIpc) is 2.18. The summed E-state index contributed by atoms with van der Waals surface area (Å²) in [7, 11) is 1.70. The van der Waals surface area contributed by atoms with E-state index in [4.69, 9.17) is 4.74 Å². The van der Waals surface area contributed by atoms with Crippen molar-refractivity contribution in [1.29, 1.82) is 0 Å². The maximum atomic E-state index is 5.11. The Morgan fingerprint density at radius 2 is 1.85 bits per heavy atom. The number of methoxy groups -OCH3 is 1. The van der Waals surface area contributed by atoms with Crippen LogP contribution in [0.1, 0.15) is 38.2 Å². The van der Waals surface area contributed by atoms with E-state index in [9.17, 15) is 0 Å². The summed E-state index contributed by atoms with van der Waals surface area (Å²) in [5.74, 6) is 1.60. The molecule has 0 aromatic heterocycles. The third-order valence-electron chi connectivity index (χ3n) is 2.41. The van der Waals surface area contributed by atoms with Gasteiger partial charge in [-0.25, -0.2) is 0 Å². The number of benzene rings is 1. The molecule has 0 heterocycles. The van der Waals surface area contributed by atoms with Crippen molar-refractivity contribution in [3.05, 3.63) is 29.8 Å². The van der Waals surface area contributed by atoms with Crippen LogP contribution in [0.25, 0.3) is 0 Å². The van der Waals surface area contributed by atoms with E-state index >= 15 is 0 Å². The van der Waals surface area contributed by atoms with Gasteiger partial charge in [0.15, 0.2) is 0 Å². The lowest BCUT2D eigenvalue weighted by Gasteiger charge is -2.10. The average molecular weight is 178 g/mol. The van der Waals surface area contributed by atoms with Gasteiger partial charge >= 0.3 is 0 Å². The Bertz CT molecular complexity index is 238. The molecule has 1 heteroatoms. The molecule has 0 spiro atoms. The Morgan fingerprint density at radius 1 is 1.23 bits per heavy atom. The third kappa shape index (κ3) is 2.76. The van der Waals surface area contributed by atoms with Crippen molar-refractivity contribution in [2.24, 2.45) is 0 Å². The van der Waals surface area contributed by atoms with Gasteiger partial charge in [0.2, 0.25) is 0 Å². The van der Waals surface area contributed by atoms with Crippen molar-refractivity contribution in [2.75, 3.05) is 7.11 Å². The fourth-order valence-corrected chi connectivity index (χ4v) is 1.53. The first-order valence-corrected chi connectivity index (χ1v) is 4.92. The van der Waals surface area contributed by atoms with Gasteiger partial charge in [-0.2, -0.15) is 0 Å². The highest BCUT2D eigenvalue weighted by atomic mass is 16.5. The molecule has 1 nitrogen and oxygen atoms in total. The van der Waals surface area contributed by atoms with Gasteiger partial charge in [-0.3, -0.25) is 0 Å². The zero-order chi connectivity index (χ0) is 9.68. The first-order chi connectivity index (χ1) is 6.27. The van der Waals surface area contributed by atoms with Crippen molar-refractivity contribution in [2.45, 2.75) is 32.6 Å². The highest BCUT2D eigenvalue weighted by molar-refractivity contribution is 5.28. The highest BCUT2D eigenvalue weighted by Crippen LogP contribution is 2.22. The largest absolute Gasteiger partial charge is 0.497 e. The minimum absolute atomic E-state index is 0.663. The van der Waals surface area contributed by atoms with E-state index in [1.807, 2.05) is 12.1 Å². The summed E-state index contributed by atoms with van der Waals surface area (Å²) in [6, 6.07) is 8.36. The van der Waals surface area contributed by atoms with Gasteiger partial charge < -0.3 is 4.74 Å². The first-order valence-electron chi connectivity index (χ1n) is 4.92. The maximum Gasteiger partial charge on any atom is 0.118 e. The molecule has 0 aliphatic heterocycles. The van der Waals surface area contributed by atoms with E-state index in [1.54, 1.807) is 7.11 Å². The van der Waals surface area contributed by atoms with Crippen LogP contribution in [0.4, 0.5) is 0 Å². The number of hydrogen-bond acceptors (Lipinski definition) is 1. The Balaban J connectivity index is 2.67. The van der Waals surface area contributed by atoms with Crippen molar-refractivity contribution in [3.63, 3.8) is 0 Å². The second-order valence-corrected chi connectivity index (χ2v) is 3.46. The van der Waals surface area contributed by atoms with E-state index < -0.39 is 0 Å². The Labute approximate surface area is 80.7 Å². The Kier molecular flexibility index (Phi) is 3.81. The molecular weight excluding hydrogens is 160 g/mol. The van der Waals surface area contributed by atoms with E-state index in [2.05, 4.69) is 26.0 Å². The molecule has 1 aromatic carbocycles. The van der Waals surface area contributed by atoms with Crippen molar-refractivity contribution < 1.29 is 4.74 Å². The molecule has 72 valence electrons. The standard InChI is InChI=1S/C12H18O/c1-4-5-10(2)11-6-8-12(13-3)9-7-11/h6-10H,4-5H2,1-3H3. The lowest BCUT2D eigenvalue weighted by atomic mass is 9.97. The van der Waals surface area contributed by atoms with Crippen molar-refractivity contribution in [1.82, 2.24) is 0 Å². The lowest BCUT2D eigenvalue weighted by Crippen LogP contribution is -1.92. The van der Waals surface area contributed by atoms with Gasteiger partial charge in [-0.1, -0.05) is 32.4 Å². The smallest absolute Gasteiger partial charge is 0.118 e. The minimum Gasteiger partial charge on any atom is -0.497 e. The maximum absolute atomic E-state index is 5.11. The SMILES string of the molecule is CCCC(C)c1ccc(OC)cc1. The topological polar surface area (TPSA) is 9.23 Å². The zero-order valence-electron chi connectivity index (χ0n) is 8.71. The van der Waals surface area contributed by atoms with Crippen LogP contribution in [0.5, 0.6) is 5.75 Å². The van der Waals surface area contributed by atoms with Crippen LogP contribution in [0.2, 0.25) is 0 Å². The summed E-state index contributed by atoms with van der Waals surface area (Å²) < 4.78 is 5.11. The fraction of sp³-hybridized carbons (Fsp3) is 0.500. The number of ether oxygens (including phenoxy) is 1. The summed E-state index contributed by atoms with van der Waals surface area (Å²) >= 11 is 0. The van der Waals surface area contributed by atoms with Gasteiger partial charge in [0.1, 0.15) is 5.75 Å². The van der Waals surface area contributed by atoms with Gasteiger partial charge in [0.25, 0.3) is 0 Å². The van der Waals surface area contributed by atoms with Crippen LogP contribution < -0.4 is 4.74 Å². The molecule has 0 aliphatic rings. The Morgan fingerprint density at radius 3 is 2.31 bits per heavy atom. The van der Waals surface area contributed by atoms with Crippen LogP contribution in [0.15, 0.2) is 24.3 Å². The molecule has 1 aromatic rings. The van der Waals surface area contributed by atoms with E-state index in [1.165, 1.54) is 18.4 Å².